The Morgan fingerprint density at radius 3 is 2.74 bits per heavy atom. The minimum Gasteiger partial charge on any atom is -0.480 e. The van der Waals surface area contributed by atoms with Gasteiger partial charge in [0, 0.05) is 18.2 Å². The van der Waals surface area contributed by atoms with E-state index in [1.807, 2.05) is 38.1 Å². The van der Waals surface area contributed by atoms with Gasteiger partial charge in [-0.3, -0.25) is 4.79 Å². The minimum absolute atomic E-state index is 0.0497. The van der Waals surface area contributed by atoms with Crippen molar-refractivity contribution in [2.24, 2.45) is 0 Å². The number of fused-ring (bicyclic) bond motifs is 1. The van der Waals surface area contributed by atoms with Crippen LogP contribution in [-0.4, -0.2) is 35.6 Å². The van der Waals surface area contributed by atoms with E-state index in [1.54, 1.807) is 4.90 Å². The van der Waals surface area contributed by atoms with E-state index in [2.05, 4.69) is 5.32 Å². The quantitative estimate of drug-likeness (QED) is 0.850. The van der Waals surface area contributed by atoms with Crippen LogP contribution in [0.15, 0.2) is 24.3 Å². The summed E-state index contributed by atoms with van der Waals surface area (Å²) >= 11 is 0. The van der Waals surface area contributed by atoms with Crippen LogP contribution >= 0.6 is 0 Å². The number of anilines is 1. The van der Waals surface area contributed by atoms with Gasteiger partial charge in [-0.05, 0) is 25.5 Å². The summed E-state index contributed by atoms with van der Waals surface area (Å²) in [5.41, 5.74) is 1.82. The molecule has 0 saturated heterocycles. The van der Waals surface area contributed by atoms with Gasteiger partial charge >= 0.3 is 5.97 Å². The Kier molecular flexibility index (Phi) is 3.74. The highest BCUT2D eigenvalue weighted by Gasteiger charge is 2.35. The molecule has 1 aliphatic heterocycles. The number of benzene rings is 1. The molecule has 0 radical (unpaired) electrons. The fourth-order valence-corrected chi connectivity index (χ4v) is 2.39. The number of para-hydroxylation sites is 1. The average molecular weight is 262 g/mol. The topological polar surface area (TPSA) is 69.6 Å². The molecule has 2 N–H and O–H groups in total. The third-order valence-corrected chi connectivity index (χ3v) is 3.14. The van der Waals surface area contributed by atoms with Crippen molar-refractivity contribution in [2.45, 2.75) is 32.4 Å². The largest absolute Gasteiger partial charge is 0.480 e. The van der Waals surface area contributed by atoms with Crippen molar-refractivity contribution in [3.8, 4) is 0 Å². The maximum atomic E-state index is 11.8. The van der Waals surface area contributed by atoms with Crippen molar-refractivity contribution in [1.29, 1.82) is 0 Å². The zero-order valence-electron chi connectivity index (χ0n) is 11.1. The van der Waals surface area contributed by atoms with Gasteiger partial charge in [-0.15, -0.1) is 0 Å². The van der Waals surface area contributed by atoms with Crippen LogP contribution in [0, 0.1) is 0 Å². The minimum atomic E-state index is -0.895. The lowest BCUT2D eigenvalue weighted by molar-refractivity contribution is -0.138. The summed E-state index contributed by atoms with van der Waals surface area (Å²) in [5.74, 6) is -1.05. The molecule has 19 heavy (non-hydrogen) atoms. The monoisotopic (exact) mass is 262 g/mol. The third-order valence-electron chi connectivity index (χ3n) is 3.14. The lowest BCUT2D eigenvalue weighted by Crippen LogP contribution is -2.46. The number of nitrogens with one attached hydrogen (secondary N) is 1. The van der Waals surface area contributed by atoms with Gasteiger partial charge in [0.25, 0.3) is 0 Å². The molecule has 1 aliphatic rings. The van der Waals surface area contributed by atoms with Gasteiger partial charge in [0.05, 0.1) is 6.54 Å². The van der Waals surface area contributed by atoms with Gasteiger partial charge in [-0.2, -0.15) is 0 Å². The van der Waals surface area contributed by atoms with Crippen LogP contribution in [0.1, 0.15) is 19.4 Å². The van der Waals surface area contributed by atoms with Crippen LogP contribution in [0.3, 0.4) is 0 Å². The summed E-state index contributed by atoms with van der Waals surface area (Å²) in [6.45, 7) is 3.83. The van der Waals surface area contributed by atoms with Crippen molar-refractivity contribution in [3.05, 3.63) is 29.8 Å². The molecular weight excluding hydrogens is 244 g/mol. The second-order valence-electron chi connectivity index (χ2n) is 5.04. The predicted octanol–water partition coefficient (Wildman–Crippen LogP) is 1.03. The zero-order chi connectivity index (χ0) is 14.0. The normalized spacial score (nSPS) is 17.4. The maximum Gasteiger partial charge on any atom is 0.326 e. The standard InChI is InChI=1S/C14H18N2O3/c1-9(2)15-13(17)8-16-11-6-4-3-5-10(11)7-12(16)14(18)19/h3-6,9,12H,7-8H2,1-2H3,(H,15,17)(H,18,19). The summed E-state index contributed by atoms with van der Waals surface area (Å²) in [6.07, 6.45) is 0.445. The molecule has 1 aromatic rings. The average Bonchev–Trinajstić information content (AvgIpc) is 2.67. The molecule has 5 heteroatoms. The van der Waals surface area contributed by atoms with E-state index in [1.165, 1.54) is 0 Å². The Morgan fingerprint density at radius 1 is 1.42 bits per heavy atom. The van der Waals surface area contributed by atoms with Crippen LogP contribution < -0.4 is 10.2 Å². The van der Waals surface area contributed by atoms with Crippen LogP contribution in [0.5, 0.6) is 0 Å². The SMILES string of the molecule is CC(C)NC(=O)CN1c2ccccc2CC1C(=O)O. The Morgan fingerprint density at radius 2 is 2.11 bits per heavy atom. The van der Waals surface area contributed by atoms with Gasteiger partial charge in [0.15, 0.2) is 0 Å². The molecule has 0 fully saturated rings. The molecule has 0 saturated carbocycles. The van der Waals surface area contributed by atoms with E-state index in [4.69, 9.17) is 0 Å². The van der Waals surface area contributed by atoms with Crippen molar-refractivity contribution < 1.29 is 14.7 Å². The first-order valence-corrected chi connectivity index (χ1v) is 6.35. The molecule has 1 atom stereocenters. The molecule has 1 aromatic carbocycles. The van der Waals surface area contributed by atoms with Crippen molar-refractivity contribution >= 4 is 17.6 Å². The Balaban J connectivity index is 2.20. The highest BCUT2D eigenvalue weighted by atomic mass is 16.4. The molecule has 0 aromatic heterocycles. The van der Waals surface area contributed by atoms with Crippen LogP contribution in [0.4, 0.5) is 5.69 Å². The van der Waals surface area contributed by atoms with E-state index in [0.717, 1.165) is 11.3 Å². The molecule has 1 heterocycles. The number of nitrogens with zero attached hydrogens (tertiary/aromatic N) is 1. The first-order chi connectivity index (χ1) is 8.99. The Hall–Kier alpha value is -2.04. The van der Waals surface area contributed by atoms with Crippen molar-refractivity contribution in [3.63, 3.8) is 0 Å². The Labute approximate surface area is 112 Å². The van der Waals surface area contributed by atoms with Gasteiger partial charge in [-0.25, -0.2) is 4.79 Å². The van der Waals surface area contributed by atoms with Gasteiger partial charge in [0.1, 0.15) is 6.04 Å². The molecule has 1 amide bonds. The lowest BCUT2D eigenvalue weighted by atomic mass is 10.1. The van der Waals surface area contributed by atoms with Gasteiger partial charge < -0.3 is 15.3 Å². The van der Waals surface area contributed by atoms with Crippen molar-refractivity contribution in [1.82, 2.24) is 5.32 Å². The fourth-order valence-electron chi connectivity index (χ4n) is 2.39. The molecule has 1 unspecified atom stereocenters. The molecule has 2 rings (SSSR count). The predicted molar refractivity (Wildman–Crippen MR) is 72.2 cm³/mol. The summed E-state index contributed by atoms with van der Waals surface area (Å²) < 4.78 is 0. The number of aliphatic carboxylic acids is 1. The molecule has 0 spiro atoms. The molecular formula is C14H18N2O3. The summed E-state index contributed by atoms with van der Waals surface area (Å²) in [4.78, 5) is 24.8. The third kappa shape index (κ3) is 2.86. The number of carboxylic acids is 1. The molecule has 5 nitrogen and oxygen atoms in total. The van der Waals surface area contributed by atoms with E-state index < -0.39 is 12.0 Å². The van der Waals surface area contributed by atoms with E-state index >= 15 is 0 Å². The second-order valence-corrected chi connectivity index (χ2v) is 5.04. The number of hydrogen-bond donors (Lipinski definition) is 2. The van der Waals surface area contributed by atoms with Gasteiger partial charge in [-0.1, -0.05) is 18.2 Å². The van der Waals surface area contributed by atoms with Crippen LogP contribution in [0.25, 0.3) is 0 Å². The zero-order valence-corrected chi connectivity index (χ0v) is 11.1. The maximum absolute atomic E-state index is 11.8. The highest BCUT2D eigenvalue weighted by Crippen LogP contribution is 2.31. The summed E-state index contributed by atoms with van der Waals surface area (Å²) in [5, 5.41) is 12.1. The number of carbonyl (C=O) groups is 2. The number of carbonyl (C=O) groups excluding carboxylic acids is 1. The van der Waals surface area contributed by atoms with E-state index in [-0.39, 0.29) is 18.5 Å². The van der Waals surface area contributed by atoms with Crippen molar-refractivity contribution in [2.75, 3.05) is 11.4 Å². The number of rotatable bonds is 4. The summed E-state index contributed by atoms with van der Waals surface area (Å²) in [7, 11) is 0. The molecule has 0 aliphatic carbocycles. The first-order valence-electron chi connectivity index (χ1n) is 6.35. The van der Waals surface area contributed by atoms with Crippen LogP contribution in [0.2, 0.25) is 0 Å². The number of hydrogen-bond acceptors (Lipinski definition) is 3. The van der Waals surface area contributed by atoms with Crippen LogP contribution in [-0.2, 0) is 16.0 Å². The highest BCUT2D eigenvalue weighted by molar-refractivity contribution is 5.88. The number of amides is 1. The second kappa shape index (κ2) is 5.30. The smallest absolute Gasteiger partial charge is 0.326 e. The number of carboxylic acid groups (broad SMARTS) is 1. The van der Waals surface area contributed by atoms with E-state index in [9.17, 15) is 14.7 Å². The van der Waals surface area contributed by atoms with Gasteiger partial charge in [0.2, 0.25) is 5.91 Å². The van der Waals surface area contributed by atoms with E-state index in [0.29, 0.717) is 6.42 Å². The summed E-state index contributed by atoms with van der Waals surface area (Å²) in [6, 6.07) is 6.90. The Bertz CT molecular complexity index is 499. The molecule has 0 bridgehead atoms. The first kappa shape index (κ1) is 13.4. The fraction of sp³-hybridized carbons (Fsp3) is 0.429. The lowest BCUT2D eigenvalue weighted by Gasteiger charge is -2.24. The molecule has 102 valence electrons.